The van der Waals surface area contributed by atoms with Gasteiger partial charge in [-0.1, -0.05) is 27.7 Å². The Morgan fingerprint density at radius 1 is 1.12 bits per heavy atom. The number of rotatable bonds is 9. The first-order valence-electron chi connectivity index (χ1n) is 18.4. The van der Waals surface area contributed by atoms with Crippen molar-refractivity contribution in [1.29, 1.82) is 0 Å². The number of carbonyl (C=O) groups is 3. The van der Waals surface area contributed by atoms with Crippen LogP contribution in [-0.4, -0.2) is 147 Å². The van der Waals surface area contributed by atoms with E-state index < -0.39 is 41.4 Å². The van der Waals surface area contributed by atoms with Crippen molar-refractivity contribution in [3.63, 3.8) is 0 Å². The van der Waals surface area contributed by atoms with Crippen LogP contribution in [0.15, 0.2) is 0 Å². The molecule has 0 radical (unpaired) electrons. The molecule has 0 saturated carbocycles. The largest absolute Gasteiger partial charge is 0.463 e. The predicted octanol–water partition coefficient (Wildman–Crippen LogP) is 2.80. The molecular weight excluding hydrogens is 628 g/mol. The van der Waals surface area contributed by atoms with Crippen LogP contribution >= 0.6 is 0 Å². The molecule has 3 aliphatic rings. The van der Waals surface area contributed by atoms with Gasteiger partial charge in [0, 0.05) is 44.7 Å². The Kier molecular flexibility index (Phi) is 15.1. The minimum atomic E-state index is -1.46. The number of ketones is 1. The lowest BCUT2D eigenvalue weighted by molar-refractivity contribution is -0.295. The monoisotopic (exact) mass is 697 g/mol. The Labute approximate surface area is 295 Å². The quantitative estimate of drug-likeness (QED) is 0.273. The molecule has 3 rings (SSSR count). The maximum atomic E-state index is 14.3. The van der Waals surface area contributed by atoms with Crippen molar-refractivity contribution in [3.8, 4) is 0 Å². The second-order valence-electron chi connectivity index (χ2n) is 16.6. The van der Waals surface area contributed by atoms with Crippen LogP contribution in [0.5, 0.6) is 0 Å². The zero-order valence-corrected chi connectivity index (χ0v) is 32.5. The number of aliphatic hydroxyl groups is 1. The number of hydrogen-bond donors (Lipinski definition) is 2. The van der Waals surface area contributed by atoms with E-state index in [2.05, 4.69) is 38.0 Å². The molecule has 1 amide bonds. The molecule has 12 nitrogen and oxygen atoms in total. The van der Waals surface area contributed by atoms with Crippen molar-refractivity contribution < 1.29 is 38.4 Å². The Morgan fingerprint density at radius 2 is 1.76 bits per heavy atom. The number of methoxy groups -OCH3 is 1. The van der Waals surface area contributed by atoms with Crippen LogP contribution in [0.25, 0.3) is 0 Å². The van der Waals surface area contributed by atoms with Gasteiger partial charge in [-0.05, 0) is 98.8 Å². The summed E-state index contributed by atoms with van der Waals surface area (Å²) < 4.78 is 25.1. The number of aliphatic hydroxyl groups excluding tert-OH is 1. The molecule has 1 unspecified atom stereocenters. The van der Waals surface area contributed by atoms with Gasteiger partial charge in [-0.2, -0.15) is 0 Å². The molecular formula is C37H68N4O8. The van der Waals surface area contributed by atoms with E-state index in [0.717, 1.165) is 19.4 Å². The van der Waals surface area contributed by atoms with Crippen molar-refractivity contribution in [2.45, 2.75) is 123 Å². The van der Waals surface area contributed by atoms with Gasteiger partial charge >= 0.3 is 5.97 Å². The highest BCUT2D eigenvalue weighted by molar-refractivity contribution is 6.04. The predicted molar refractivity (Wildman–Crippen MR) is 189 cm³/mol. The van der Waals surface area contributed by atoms with Crippen LogP contribution in [0, 0.1) is 29.1 Å². The maximum Gasteiger partial charge on any atom is 0.319 e. The lowest BCUT2D eigenvalue weighted by atomic mass is 9.74. The summed E-state index contributed by atoms with van der Waals surface area (Å²) in [6, 6.07) is -0.270. The van der Waals surface area contributed by atoms with Gasteiger partial charge in [0.05, 0.1) is 24.4 Å². The Balaban J connectivity index is 1.87. The van der Waals surface area contributed by atoms with Gasteiger partial charge in [-0.25, -0.2) is 0 Å². The van der Waals surface area contributed by atoms with Crippen LogP contribution < -0.4 is 5.32 Å². The summed E-state index contributed by atoms with van der Waals surface area (Å²) in [6.07, 6.45) is -0.117. The van der Waals surface area contributed by atoms with Crippen LogP contribution in [0.4, 0.5) is 0 Å². The number of likely N-dealkylation sites (N-methyl/N-ethyl adjacent to an activating group) is 2. The van der Waals surface area contributed by atoms with Gasteiger partial charge in [0.15, 0.2) is 12.1 Å². The number of nitrogens with one attached hydrogen (secondary N) is 1. The lowest BCUT2D eigenvalue weighted by Gasteiger charge is -2.47. The van der Waals surface area contributed by atoms with E-state index in [9.17, 15) is 19.5 Å². The molecule has 0 aliphatic carbocycles. The molecule has 284 valence electrons. The van der Waals surface area contributed by atoms with E-state index in [1.807, 2.05) is 37.7 Å². The SMILES string of the molecule is CO[C@]1(C)C[C@@H](C)CN(C)C(C2CCN(C(=O)CNCC(C)C)CC2)COC(=O)C(C)(C)C(=O)[C@H](C)[C@H]1O[C@@H]1O[C@H](C)C[C@H](N(C)C)[C@H]1O. The summed E-state index contributed by atoms with van der Waals surface area (Å²) in [5.74, 6) is -0.764. The zero-order chi connectivity index (χ0) is 36.8. The van der Waals surface area contributed by atoms with Gasteiger partial charge < -0.3 is 39.2 Å². The third-order valence-electron chi connectivity index (χ3n) is 11.2. The fourth-order valence-electron chi connectivity index (χ4n) is 8.17. The Hall–Kier alpha value is -1.67. The van der Waals surface area contributed by atoms with Gasteiger partial charge in [0.1, 0.15) is 18.1 Å². The number of Topliss-reactive ketones (excluding diaryl/α,β-unsaturated/α-hetero) is 1. The number of hydrogen-bond acceptors (Lipinski definition) is 11. The van der Waals surface area contributed by atoms with Crippen LogP contribution in [0.2, 0.25) is 0 Å². The van der Waals surface area contributed by atoms with E-state index in [1.54, 1.807) is 27.9 Å². The first-order chi connectivity index (χ1) is 22.8. The molecule has 12 heteroatoms. The molecule has 9 atom stereocenters. The third kappa shape index (κ3) is 10.5. The normalized spacial score (nSPS) is 36.3. The van der Waals surface area contributed by atoms with Crippen molar-refractivity contribution in [2.75, 3.05) is 67.6 Å². The van der Waals surface area contributed by atoms with Gasteiger partial charge in [0.2, 0.25) is 5.91 Å². The summed E-state index contributed by atoms with van der Waals surface area (Å²) in [5.41, 5.74) is -2.41. The molecule has 3 fully saturated rings. The topological polar surface area (TPSA) is 130 Å². The van der Waals surface area contributed by atoms with Crippen molar-refractivity contribution >= 4 is 17.7 Å². The summed E-state index contributed by atoms with van der Waals surface area (Å²) in [7, 11) is 7.53. The first kappa shape index (κ1) is 41.7. The molecule has 0 bridgehead atoms. The third-order valence-corrected chi connectivity index (χ3v) is 11.2. The molecule has 2 N–H and O–H groups in total. The number of ether oxygens (including phenoxy) is 4. The molecule has 0 aromatic heterocycles. The smallest absolute Gasteiger partial charge is 0.319 e. The number of piperidine rings is 1. The number of carbonyl (C=O) groups excluding carboxylic acids is 3. The first-order valence-corrected chi connectivity index (χ1v) is 18.4. The van der Waals surface area contributed by atoms with Gasteiger partial charge in [-0.3, -0.25) is 19.3 Å². The highest BCUT2D eigenvalue weighted by atomic mass is 16.7. The molecule has 3 aliphatic heterocycles. The van der Waals surface area contributed by atoms with E-state index in [1.165, 1.54) is 0 Å². The van der Waals surface area contributed by atoms with Crippen molar-refractivity contribution in [1.82, 2.24) is 20.0 Å². The number of amides is 1. The second kappa shape index (κ2) is 17.7. The van der Waals surface area contributed by atoms with Crippen molar-refractivity contribution in [3.05, 3.63) is 0 Å². The molecule has 49 heavy (non-hydrogen) atoms. The van der Waals surface area contributed by atoms with Crippen LogP contribution in [0.1, 0.15) is 81.1 Å². The summed E-state index contributed by atoms with van der Waals surface area (Å²) in [4.78, 5) is 47.1. The molecule has 0 aromatic carbocycles. The molecule has 0 aromatic rings. The number of nitrogens with zero attached hydrogens (tertiary/aromatic N) is 3. The van der Waals surface area contributed by atoms with Crippen LogP contribution in [-0.2, 0) is 33.3 Å². The molecule has 3 saturated heterocycles. The molecule has 0 spiro atoms. The van der Waals surface area contributed by atoms with E-state index in [4.69, 9.17) is 18.9 Å². The van der Waals surface area contributed by atoms with E-state index >= 15 is 0 Å². The van der Waals surface area contributed by atoms with E-state index in [0.29, 0.717) is 44.9 Å². The highest BCUT2D eigenvalue weighted by Gasteiger charge is 2.51. The Morgan fingerprint density at radius 3 is 2.33 bits per heavy atom. The average Bonchev–Trinajstić information content (AvgIpc) is 3.03. The minimum Gasteiger partial charge on any atom is -0.463 e. The van der Waals surface area contributed by atoms with E-state index in [-0.39, 0.29) is 48.3 Å². The van der Waals surface area contributed by atoms with Crippen LogP contribution in [0.3, 0.4) is 0 Å². The average molecular weight is 697 g/mol. The van der Waals surface area contributed by atoms with Gasteiger partial charge in [0.25, 0.3) is 0 Å². The summed E-state index contributed by atoms with van der Waals surface area (Å²) in [6.45, 7) is 18.6. The fraction of sp³-hybridized carbons (Fsp3) is 0.919. The Bertz CT molecular complexity index is 1100. The van der Waals surface area contributed by atoms with Gasteiger partial charge in [-0.15, -0.1) is 0 Å². The second-order valence-corrected chi connectivity index (χ2v) is 16.6. The lowest BCUT2D eigenvalue weighted by Crippen LogP contribution is -2.59. The minimum absolute atomic E-state index is 0.0807. The summed E-state index contributed by atoms with van der Waals surface area (Å²) in [5, 5.41) is 14.6. The number of esters is 1. The standard InChI is InChI=1S/C37H68N4O8/c1-23(2)19-38-20-30(42)41-15-13-27(14-16-41)29-22-47-35(45)36(6,7)32(44)26(5)33(37(8,46-12)18-24(3)21-40(29)11)49-34-31(43)28(39(9)10)17-25(4)48-34/h23-29,31,33-34,38,43H,13-22H2,1-12H3/t24-,25-,26+,28+,29?,31-,33-,34+,37-/m1/s1. The number of cyclic esters (lactones) is 1. The maximum absolute atomic E-state index is 14.3. The fourth-order valence-corrected chi connectivity index (χ4v) is 8.17. The van der Waals surface area contributed by atoms with Crippen molar-refractivity contribution in [2.24, 2.45) is 29.1 Å². The summed E-state index contributed by atoms with van der Waals surface area (Å²) >= 11 is 0. The zero-order valence-electron chi connectivity index (χ0n) is 32.5. The highest BCUT2D eigenvalue weighted by Crippen LogP contribution is 2.38. The number of likely N-dealkylation sites (tertiary alicyclic amines) is 1. The molecule has 3 heterocycles.